The largest absolute Gasteiger partial charge is 0.486 e. The number of benzene rings is 3. The highest BCUT2D eigenvalue weighted by molar-refractivity contribution is 6.30. The number of hydrogen-bond donors (Lipinski definition) is 3. The maximum Gasteiger partial charge on any atom is 0.262 e. The van der Waals surface area contributed by atoms with Gasteiger partial charge in [-0.05, 0) is 59.7 Å². The zero-order chi connectivity index (χ0) is 24.9. The monoisotopic (exact) mass is 502 g/mol. The van der Waals surface area contributed by atoms with Crippen LogP contribution in [-0.2, 0) is 11.2 Å². The molecule has 4 aromatic rings. The van der Waals surface area contributed by atoms with Gasteiger partial charge >= 0.3 is 0 Å². The van der Waals surface area contributed by atoms with E-state index in [4.69, 9.17) is 21.1 Å². The molecule has 3 aromatic carbocycles. The number of H-pyrrole nitrogens is 1. The molecular weight excluding hydrogens is 480 g/mol. The minimum absolute atomic E-state index is 0.273. The van der Waals surface area contributed by atoms with E-state index in [1.54, 1.807) is 36.4 Å². The third kappa shape index (κ3) is 5.34. The first-order valence-electron chi connectivity index (χ1n) is 11.4. The molecule has 3 N–H and O–H groups in total. The van der Waals surface area contributed by atoms with Gasteiger partial charge in [0, 0.05) is 34.1 Å². The molecule has 2 heterocycles. The highest BCUT2D eigenvalue weighted by Gasteiger charge is 2.23. The first kappa shape index (κ1) is 23.4. The van der Waals surface area contributed by atoms with E-state index in [9.17, 15) is 9.59 Å². The Kier molecular flexibility index (Phi) is 6.86. The van der Waals surface area contributed by atoms with Gasteiger partial charge in [0.15, 0.2) is 11.5 Å². The van der Waals surface area contributed by atoms with Crippen molar-refractivity contribution < 1.29 is 19.1 Å². The molecule has 0 spiro atoms. The van der Waals surface area contributed by atoms with Crippen LogP contribution in [0.15, 0.2) is 78.0 Å². The number of hydrazone groups is 1. The molecule has 0 fully saturated rings. The quantitative estimate of drug-likeness (QED) is 0.261. The van der Waals surface area contributed by atoms with Crippen molar-refractivity contribution >= 4 is 40.5 Å². The van der Waals surface area contributed by atoms with Crippen LogP contribution in [0.1, 0.15) is 21.5 Å². The Labute approximate surface area is 212 Å². The van der Waals surface area contributed by atoms with Crippen LogP contribution in [0.5, 0.6) is 11.5 Å². The van der Waals surface area contributed by atoms with Gasteiger partial charge in [0.2, 0.25) is 0 Å². The number of rotatable bonds is 7. The lowest BCUT2D eigenvalue weighted by molar-refractivity contribution is -0.122. The average molecular weight is 503 g/mol. The van der Waals surface area contributed by atoms with Crippen molar-refractivity contribution in [3.05, 3.63) is 94.6 Å². The number of carbonyl (C=O) groups excluding carboxylic acids is 2. The molecule has 0 radical (unpaired) electrons. The molecular formula is C27H23ClN4O4. The van der Waals surface area contributed by atoms with E-state index in [-0.39, 0.29) is 12.3 Å². The van der Waals surface area contributed by atoms with Crippen LogP contribution in [0.4, 0.5) is 0 Å². The number of aromatic amines is 1. The van der Waals surface area contributed by atoms with Crippen molar-refractivity contribution in [2.45, 2.75) is 12.5 Å². The van der Waals surface area contributed by atoms with Crippen LogP contribution in [0.3, 0.4) is 0 Å². The molecule has 8 nitrogen and oxygen atoms in total. The fourth-order valence-corrected chi connectivity index (χ4v) is 4.09. The number of hydrogen-bond acceptors (Lipinski definition) is 5. The van der Waals surface area contributed by atoms with Gasteiger partial charge in [-0.25, -0.2) is 5.43 Å². The Morgan fingerprint density at radius 2 is 1.81 bits per heavy atom. The first-order chi connectivity index (χ1) is 17.6. The van der Waals surface area contributed by atoms with Gasteiger partial charge in [-0.2, -0.15) is 5.10 Å². The molecule has 0 saturated carbocycles. The van der Waals surface area contributed by atoms with Crippen molar-refractivity contribution in [2.24, 2.45) is 5.10 Å². The predicted molar refractivity (Wildman–Crippen MR) is 138 cm³/mol. The van der Waals surface area contributed by atoms with E-state index in [1.807, 2.05) is 36.5 Å². The molecule has 1 aliphatic rings. The van der Waals surface area contributed by atoms with E-state index in [1.165, 1.54) is 6.21 Å². The zero-order valence-corrected chi connectivity index (χ0v) is 19.9. The molecule has 36 heavy (non-hydrogen) atoms. The highest BCUT2D eigenvalue weighted by atomic mass is 35.5. The van der Waals surface area contributed by atoms with Gasteiger partial charge in [-0.1, -0.05) is 29.8 Å². The van der Waals surface area contributed by atoms with Crippen LogP contribution < -0.4 is 20.2 Å². The molecule has 1 atom stereocenters. The number of nitrogens with one attached hydrogen (secondary N) is 3. The molecule has 182 valence electrons. The van der Waals surface area contributed by atoms with Gasteiger partial charge in [0.25, 0.3) is 11.8 Å². The first-order valence-corrected chi connectivity index (χ1v) is 11.8. The van der Waals surface area contributed by atoms with Crippen molar-refractivity contribution in [2.75, 3.05) is 13.2 Å². The van der Waals surface area contributed by atoms with Crippen LogP contribution in [0.2, 0.25) is 5.02 Å². The second-order valence-corrected chi connectivity index (χ2v) is 8.67. The van der Waals surface area contributed by atoms with Gasteiger partial charge in [0.1, 0.15) is 19.3 Å². The van der Waals surface area contributed by atoms with E-state index in [0.29, 0.717) is 35.3 Å². The number of carbonyl (C=O) groups is 2. The number of fused-ring (bicyclic) bond motifs is 2. The summed E-state index contributed by atoms with van der Waals surface area (Å²) >= 11 is 5.94. The zero-order valence-electron chi connectivity index (χ0n) is 19.2. The standard InChI is InChI=1S/C27H23ClN4O4/c28-20-8-6-18(7-9-20)26(33)31-23(14-19-16-29-22-4-2-1-3-21(19)22)27(34)32-30-15-17-5-10-24-25(13-17)36-12-11-35-24/h1-10,13,15-16,23,29H,11-12,14H2,(H,31,33)(H,32,34). The normalized spacial score (nSPS) is 13.5. The molecule has 0 aliphatic carbocycles. The summed E-state index contributed by atoms with van der Waals surface area (Å²) < 4.78 is 11.1. The Morgan fingerprint density at radius 3 is 2.64 bits per heavy atom. The van der Waals surface area contributed by atoms with Crippen molar-refractivity contribution in [3.63, 3.8) is 0 Å². The summed E-state index contributed by atoms with van der Waals surface area (Å²) in [6, 6.07) is 18.8. The Balaban J connectivity index is 1.33. The van der Waals surface area contributed by atoms with Crippen LogP contribution >= 0.6 is 11.6 Å². The summed E-state index contributed by atoms with van der Waals surface area (Å²) in [6.45, 7) is 0.989. The SMILES string of the molecule is O=C(NC(Cc1c[nH]c2ccccc12)C(=O)NN=Cc1ccc2c(c1)OCCO2)c1ccc(Cl)cc1. The van der Waals surface area contributed by atoms with E-state index >= 15 is 0 Å². The second-order valence-electron chi connectivity index (χ2n) is 8.23. The number of nitrogens with zero attached hydrogens (tertiary/aromatic N) is 1. The van der Waals surface area contributed by atoms with Gasteiger partial charge in [-0.15, -0.1) is 0 Å². The Bertz CT molecular complexity index is 1430. The average Bonchev–Trinajstić information content (AvgIpc) is 3.31. The van der Waals surface area contributed by atoms with E-state index in [0.717, 1.165) is 22.0 Å². The molecule has 1 aromatic heterocycles. The van der Waals surface area contributed by atoms with Crippen molar-refractivity contribution in [1.82, 2.24) is 15.7 Å². The summed E-state index contributed by atoms with van der Waals surface area (Å²) in [5.41, 5.74) is 5.54. The van der Waals surface area contributed by atoms with Gasteiger partial charge in [-0.3, -0.25) is 9.59 Å². The van der Waals surface area contributed by atoms with E-state index in [2.05, 4.69) is 20.8 Å². The molecule has 2 amide bonds. The summed E-state index contributed by atoms with van der Waals surface area (Å²) in [5.74, 6) is 0.467. The fraction of sp³-hybridized carbons (Fsp3) is 0.148. The highest BCUT2D eigenvalue weighted by Crippen LogP contribution is 2.30. The smallest absolute Gasteiger partial charge is 0.262 e. The molecule has 9 heteroatoms. The molecule has 0 bridgehead atoms. The number of aromatic nitrogens is 1. The molecule has 1 aliphatic heterocycles. The van der Waals surface area contributed by atoms with Crippen LogP contribution in [-0.4, -0.2) is 42.3 Å². The summed E-state index contributed by atoms with van der Waals surface area (Å²) in [4.78, 5) is 29.2. The minimum atomic E-state index is -0.871. The lowest BCUT2D eigenvalue weighted by Crippen LogP contribution is -2.46. The van der Waals surface area contributed by atoms with Gasteiger partial charge in [0.05, 0.1) is 6.21 Å². The minimum Gasteiger partial charge on any atom is -0.486 e. The van der Waals surface area contributed by atoms with Crippen molar-refractivity contribution in [3.8, 4) is 11.5 Å². The Hall–Kier alpha value is -4.30. The molecule has 0 saturated heterocycles. The Morgan fingerprint density at radius 1 is 1.03 bits per heavy atom. The maximum atomic E-state index is 13.1. The van der Waals surface area contributed by atoms with Crippen LogP contribution in [0.25, 0.3) is 10.9 Å². The lowest BCUT2D eigenvalue weighted by Gasteiger charge is -2.18. The third-order valence-electron chi connectivity index (χ3n) is 5.78. The summed E-state index contributed by atoms with van der Waals surface area (Å²) in [5, 5.41) is 8.43. The molecule has 1 unspecified atom stereocenters. The lowest BCUT2D eigenvalue weighted by atomic mass is 10.0. The summed E-state index contributed by atoms with van der Waals surface area (Å²) in [7, 11) is 0. The fourth-order valence-electron chi connectivity index (χ4n) is 3.96. The number of para-hydroxylation sites is 1. The summed E-state index contributed by atoms with van der Waals surface area (Å²) in [6.07, 6.45) is 3.63. The maximum absolute atomic E-state index is 13.1. The van der Waals surface area contributed by atoms with Crippen molar-refractivity contribution in [1.29, 1.82) is 0 Å². The second kappa shape index (κ2) is 10.5. The topological polar surface area (TPSA) is 105 Å². The van der Waals surface area contributed by atoms with Crippen LogP contribution in [0, 0.1) is 0 Å². The number of ether oxygens (including phenoxy) is 2. The third-order valence-corrected chi connectivity index (χ3v) is 6.03. The number of halogens is 1. The van der Waals surface area contributed by atoms with Gasteiger partial charge < -0.3 is 19.8 Å². The number of amides is 2. The molecule has 5 rings (SSSR count). The predicted octanol–water partition coefficient (Wildman–Crippen LogP) is 4.08. The van der Waals surface area contributed by atoms with E-state index < -0.39 is 11.9 Å².